The van der Waals surface area contributed by atoms with Gasteiger partial charge in [0.2, 0.25) is 17.7 Å². The van der Waals surface area contributed by atoms with Crippen LogP contribution >= 0.6 is 0 Å². The molecule has 0 aliphatic carbocycles. The predicted octanol–water partition coefficient (Wildman–Crippen LogP) is 1.33. The summed E-state index contributed by atoms with van der Waals surface area (Å²) in [6.45, 7) is 2.78. The van der Waals surface area contributed by atoms with Crippen LogP contribution < -0.4 is 4.74 Å². The number of aryl methyl sites for hydroxylation is 1. The van der Waals surface area contributed by atoms with Crippen molar-refractivity contribution >= 4 is 11.8 Å². The van der Waals surface area contributed by atoms with Crippen LogP contribution in [-0.4, -0.2) is 64.2 Å². The third kappa shape index (κ3) is 3.20. The maximum atomic E-state index is 13.4. The van der Waals surface area contributed by atoms with Crippen molar-refractivity contribution in [2.45, 2.75) is 31.7 Å². The molecule has 4 heterocycles. The first-order chi connectivity index (χ1) is 14.9. The molecule has 0 saturated carbocycles. The van der Waals surface area contributed by atoms with Gasteiger partial charge in [-0.2, -0.15) is 4.98 Å². The fourth-order valence-electron chi connectivity index (χ4n) is 4.92. The minimum atomic E-state index is -0.747. The first kappa shape index (κ1) is 19.7. The lowest BCUT2D eigenvalue weighted by molar-refractivity contribution is -0.143. The van der Waals surface area contributed by atoms with Gasteiger partial charge in [0, 0.05) is 13.6 Å². The monoisotopic (exact) mass is 424 g/mol. The highest BCUT2D eigenvalue weighted by Crippen LogP contribution is 2.52. The highest BCUT2D eigenvalue weighted by atomic mass is 16.5. The minimum absolute atomic E-state index is 0.0601. The van der Waals surface area contributed by atoms with Crippen molar-refractivity contribution in [2.24, 2.45) is 11.8 Å². The first-order valence-electron chi connectivity index (χ1n) is 10.2. The van der Waals surface area contributed by atoms with E-state index in [1.54, 1.807) is 26.0 Å². The molecule has 162 valence electrons. The molecule has 1 aromatic carbocycles. The summed E-state index contributed by atoms with van der Waals surface area (Å²) < 4.78 is 16.6. The van der Waals surface area contributed by atoms with E-state index in [9.17, 15) is 9.59 Å². The Balaban J connectivity index is 1.35. The Labute approximate surface area is 179 Å². The summed E-state index contributed by atoms with van der Waals surface area (Å²) in [5, 5.41) is 3.76. The molecule has 9 nitrogen and oxygen atoms in total. The van der Waals surface area contributed by atoms with Crippen LogP contribution in [0.15, 0.2) is 40.9 Å². The summed E-state index contributed by atoms with van der Waals surface area (Å²) in [5.74, 6) is 0.295. The molecule has 1 aromatic heterocycles. The number of likely N-dealkylation sites (tertiary alicyclic amines) is 1. The van der Waals surface area contributed by atoms with Crippen molar-refractivity contribution in [1.82, 2.24) is 19.9 Å². The summed E-state index contributed by atoms with van der Waals surface area (Å²) in [6, 6.07) is 7.64. The van der Waals surface area contributed by atoms with Gasteiger partial charge in [-0.25, -0.2) is 0 Å². The summed E-state index contributed by atoms with van der Waals surface area (Å²) in [7, 11) is 3.29. The van der Waals surface area contributed by atoms with E-state index in [1.807, 2.05) is 36.4 Å². The molecule has 3 aliphatic rings. The van der Waals surface area contributed by atoms with E-state index < -0.39 is 23.5 Å². The molecule has 2 bridgehead atoms. The lowest BCUT2D eigenvalue weighted by atomic mass is 9.76. The number of methoxy groups -OCH3 is 1. The standard InChI is InChI=1S/C22H24N4O5/c1-13-23-17(31-24-13)11-25(2)20(27)18-16-7-8-22(30-16)12-26(21(28)19(18)22)10-14-5-4-6-15(9-14)29-3/h4-9,16,18-19H,10-12H2,1-3H3. The van der Waals surface area contributed by atoms with Gasteiger partial charge in [0.1, 0.15) is 11.4 Å². The fraction of sp³-hybridized carbons (Fsp3) is 0.455. The van der Waals surface area contributed by atoms with Gasteiger partial charge >= 0.3 is 0 Å². The highest BCUT2D eigenvalue weighted by molar-refractivity contribution is 5.93. The Morgan fingerprint density at radius 2 is 2.26 bits per heavy atom. The summed E-state index contributed by atoms with van der Waals surface area (Å²) >= 11 is 0. The summed E-state index contributed by atoms with van der Waals surface area (Å²) in [6.07, 6.45) is 3.47. The smallest absolute Gasteiger partial charge is 0.246 e. The Morgan fingerprint density at radius 1 is 1.42 bits per heavy atom. The van der Waals surface area contributed by atoms with Crippen LogP contribution in [-0.2, 0) is 27.4 Å². The largest absolute Gasteiger partial charge is 0.497 e. The molecule has 5 rings (SSSR count). The van der Waals surface area contributed by atoms with Crippen LogP contribution in [0.3, 0.4) is 0 Å². The van der Waals surface area contributed by atoms with E-state index in [2.05, 4.69) is 10.1 Å². The van der Waals surface area contributed by atoms with E-state index in [1.165, 1.54) is 4.90 Å². The van der Waals surface area contributed by atoms with Gasteiger partial charge in [0.15, 0.2) is 5.82 Å². The molecule has 4 unspecified atom stereocenters. The van der Waals surface area contributed by atoms with Crippen LogP contribution in [0.4, 0.5) is 0 Å². The molecular formula is C22H24N4O5. The topological polar surface area (TPSA) is 98.0 Å². The van der Waals surface area contributed by atoms with Crippen molar-refractivity contribution in [3.63, 3.8) is 0 Å². The molecule has 3 aliphatic heterocycles. The molecule has 4 atom stereocenters. The van der Waals surface area contributed by atoms with Gasteiger partial charge in [-0.15, -0.1) is 0 Å². The number of benzene rings is 1. The van der Waals surface area contributed by atoms with Gasteiger partial charge in [-0.05, 0) is 24.6 Å². The highest BCUT2D eigenvalue weighted by Gasteiger charge is 2.67. The fourth-order valence-corrected chi connectivity index (χ4v) is 4.92. The molecule has 0 N–H and O–H groups in total. The first-order valence-corrected chi connectivity index (χ1v) is 10.2. The van der Waals surface area contributed by atoms with Crippen molar-refractivity contribution in [2.75, 3.05) is 20.7 Å². The molecule has 2 amide bonds. The van der Waals surface area contributed by atoms with Crippen LogP contribution in [0.5, 0.6) is 5.75 Å². The predicted molar refractivity (Wildman–Crippen MR) is 108 cm³/mol. The molecule has 2 aromatic rings. The maximum Gasteiger partial charge on any atom is 0.246 e. The Morgan fingerprint density at radius 3 is 3.00 bits per heavy atom. The molecule has 2 saturated heterocycles. The number of fused-ring (bicyclic) bond motifs is 1. The zero-order chi connectivity index (χ0) is 21.8. The van der Waals surface area contributed by atoms with Crippen LogP contribution in [0, 0.1) is 18.8 Å². The number of carbonyl (C=O) groups excluding carboxylic acids is 2. The number of aromatic nitrogens is 2. The van der Waals surface area contributed by atoms with Crippen molar-refractivity contribution in [1.29, 1.82) is 0 Å². The van der Waals surface area contributed by atoms with Gasteiger partial charge in [0.25, 0.3) is 0 Å². The van der Waals surface area contributed by atoms with Gasteiger partial charge in [-0.3, -0.25) is 9.59 Å². The lowest BCUT2D eigenvalue weighted by Gasteiger charge is -2.27. The Kier molecular flexibility index (Phi) is 4.58. The number of amides is 2. The normalized spacial score (nSPS) is 28.3. The van der Waals surface area contributed by atoms with Crippen molar-refractivity contribution < 1.29 is 23.6 Å². The van der Waals surface area contributed by atoms with Crippen molar-refractivity contribution in [3.8, 4) is 5.75 Å². The Bertz CT molecular complexity index is 1070. The van der Waals surface area contributed by atoms with Gasteiger partial charge in [-0.1, -0.05) is 29.4 Å². The van der Waals surface area contributed by atoms with E-state index in [0.29, 0.717) is 24.8 Å². The van der Waals surface area contributed by atoms with E-state index in [0.717, 1.165) is 11.3 Å². The van der Waals surface area contributed by atoms with Gasteiger partial charge < -0.3 is 23.8 Å². The number of carbonyl (C=O) groups is 2. The van der Waals surface area contributed by atoms with Crippen LogP contribution in [0.2, 0.25) is 0 Å². The quantitative estimate of drug-likeness (QED) is 0.645. The zero-order valence-corrected chi connectivity index (χ0v) is 17.6. The molecule has 1 spiro atoms. The number of hydrogen-bond donors (Lipinski definition) is 0. The van der Waals surface area contributed by atoms with Gasteiger partial charge in [0.05, 0.1) is 38.1 Å². The average Bonchev–Trinajstić information content (AvgIpc) is 3.50. The van der Waals surface area contributed by atoms with Crippen LogP contribution in [0.1, 0.15) is 17.3 Å². The number of hydrogen-bond acceptors (Lipinski definition) is 7. The average molecular weight is 424 g/mol. The lowest BCUT2D eigenvalue weighted by Crippen LogP contribution is -2.44. The third-order valence-electron chi connectivity index (χ3n) is 6.29. The molecular weight excluding hydrogens is 400 g/mol. The second-order valence-corrected chi connectivity index (χ2v) is 8.38. The second kappa shape index (κ2) is 7.19. The number of ether oxygens (including phenoxy) is 2. The van der Waals surface area contributed by atoms with Crippen molar-refractivity contribution in [3.05, 3.63) is 53.7 Å². The van der Waals surface area contributed by atoms with E-state index in [-0.39, 0.29) is 18.4 Å². The summed E-state index contributed by atoms with van der Waals surface area (Å²) in [5.41, 5.74) is 0.220. The molecule has 2 fully saturated rings. The van der Waals surface area contributed by atoms with Crippen LogP contribution in [0.25, 0.3) is 0 Å². The summed E-state index contributed by atoms with van der Waals surface area (Å²) in [4.78, 5) is 34.2. The molecule has 0 radical (unpaired) electrons. The minimum Gasteiger partial charge on any atom is -0.497 e. The Hall–Kier alpha value is -3.20. The third-order valence-corrected chi connectivity index (χ3v) is 6.29. The SMILES string of the molecule is COc1cccc(CN2CC34C=CC(O3)C(C(=O)N(C)Cc3nc(C)no3)C4C2=O)c1. The molecule has 31 heavy (non-hydrogen) atoms. The second-order valence-electron chi connectivity index (χ2n) is 8.38. The number of rotatable bonds is 6. The van der Waals surface area contributed by atoms with E-state index >= 15 is 0 Å². The maximum absolute atomic E-state index is 13.4. The zero-order valence-electron chi connectivity index (χ0n) is 17.6. The molecule has 9 heteroatoms. The number of nitrogens with zero attached hydrogens (tertiary/aromatic N) is 4. The van der Waals surface area contributed by atoms with E-state index in [4.69, 9.17) is 14.0 Å².